The van der Waals surface area contributed by atoms with Crippen molar-refractivity contribution in [2.45, 2.75) is 4.90 Å². The van der Waals surface area contributed by atoms with Crippen molar-refractivity contribution in [2.24, 2.45) is 0 Å². The van der Waals surface area contributed by atoms with E-state index >= 15 is 0 Å². The van der Waals surface area contributed by atoms with Gasteiger partial charge in [-0.05, 0) is 36.4 Å². The summed E-state index contributed by atoms with van der Waals surface area (Å²) in [5.74, 6) is 0.0632. The molecule has 0 atom stereocenters. The maximum absolute atomic E-state index is 12.2. The summed E-state index contributed by atoms with van der Waals surface area (Å²) in [6, 6.07) is 9.66. The predicted molar refractivity (Wildman–Crippen MR) is 85.7 cm³/mol. The van der Waals surface area contributed by atoms with Crippen LogP contribution in [-0.4, -0.2) is 28.5 Å². The quantitative estimate of drug-likeness (QED) is 0.833. The first-order chi connectivity index (χ1) is 10.9. The Kier molecular flexibility index (Phi) is 5.12. The number of carbonyl (C=O) groups is 1. The van der Waals surface area contributed by atoms with Gasteiger partial charge in [0.1, 0.15) is 16.4 Å². The van der Waals surface area contributed by atoms with Crippen LogP contribution < -0.4 is 14.2 Å². The molecule has 1 amide bonds. The third kappa shape index (κ3) is 3.94. The van der Waals surface area contributed by atoms with Crippen molar-refractivity contribution in [2.75, 3.05) is 14.2 Å². The highest BCUT2D eigenvalue weighted by molar-refractivity contribution is 7.87. The second kappa shape index (κ2) is 6.89. The molecule has 23 heavy (non-hydrogen) atoms. The van der Waals surface area contributed by atoms with E-state index in [1.807, 2.05) is 0 Å². The van der Waals surface area contributed by atoms with Crippen LogP contribution in [0.4, 0.5) is 0 Å². The van der Waals surface area contributed by atoms with Crippen molar-refractivity contribution in [1.29, 1.82) is 0 Å². The number of nitrogens with one attached hydrogen (secondary N) is 1. The fourth-order valence-electron chi connectivity index (χ4n) is 1.78. The number of ether oxygens (including phenoxy) is 1. The normalized spacial score (nSPS) is 10.9. The van der Waals surface area contributed by atoms with Crippen LogP contribution in [0.2, 0.25) is 5.02 Å². The van der Waals surface area contributed by atoms with Crippen molar-refractivity contribution < 1.29 is 22.1 Å². The minimum atomic E-state index is -4.03. The van der Waals surface area contributed by atoms with Crippen molar-refractivity contribution in [3.8, 4) is 11.5 Å². The summed E-state index contributed by atoms with van der Waals surface area (Å²) >= 11 is 5.88. The van der Waals surface area contributed by atoms with Crippen LogP contribution in [0, 0.1) is 0 Å². The van der Waals surface area contributed by atoms with Gasteiger partial charge in [0.25, 0.3) is 5.91 Å². The van der Waals surface area contributed by atoms with Gasteiger partial charge in [0.05, 0.1) is 12.1 Å². The van der Waals surface area contributed by atoms with Gasteiger partial charge in [-0.15, -0.1) is 0 Å². The molecular formula is C15H14ClNO5S. The fraction of sp³-hybridized carbons (Fsp3) is 0.133. The van der Waals surface area contributed by atoms with E-state index in [9.17, 15) is 13.2 Å². The van der Waals surface area contributed by atoms with E-state index in [0.29, 0.717) is 16.3 Å². The predicted octanol–water partition coefficient (Wildman–Crippen LogP) is 2.48. The molecule has 6 nitrogen and oxygen atoms in total. The number of halogens is 1. The minimum Gasteiger partial charge on any atom is -0.495 e. The molecule has 0 aliphatic rings. The zero-order valence-electron chi connectivity index (χ0n) is 12.4. The molecule has 0 heterocycles. The Labute approximate surface area is 139 Å². The summed E-state index contributed by atoms with van der Waals surface area (Å²) in [6.45, 7) is 0. The molecule has 0 aliphatic heterocycles. The third-order valence-electron chi connectivity index (χ3n) is 2.96. The van der Waals surface area contributed by atoms with E-state index in [4.69, 9.17) is 20.5 Å². The SMILES string of the molecule is CNC(=O)c1ccc(S(=O)(=O)Oc2ccc(Cl)c(OC)c2)cc1. The lowest BCUT2D eigenvalue weighted by atomic mass is 10.2. The van der Waals surface area contributed by atoms with E-state index in [1.54, 1.807) is 0 Å². The van der Waals surface area contributed by atoms with E-state index in [2.05, 4.69) is 5.32 Å². The number of carbonyl (C=O) groups excluding carboxylic acids is 1. The first-order valence-corrected chi connectivity index (χ1v) is 8.26. The second-order valence-electron chi connectivity index (χ2n) is 4.44. The van der Waals surface area contributed by atoms with Gasteiger partial charge in [-0.3, -0.25) is 4.79 Å². The summed E-state index contributed by atoms with van der Waals surface area (Å²) in [4.78, 5) is 11.4. The molecule has 8 heteroatoms. The van der Waals surface area contributed by atoms with E-state index in [1.165, 1.54) is 56.6 Å². The molecule has 0 bridgehead atoms. The van der Waals surface area contributed by atoms with Crippen LogP contribution >= 0.6 is 11.6 Å². The lowest BCUT2D eigenvalue weighted by Gasteiger charge is -2.09. The molecule has 2 aromatic rings. The van der Waals surface area contributed by atoms with E-state index < -0.39 is 10.1 Å². The molecule has 0 aliphatic carbocycles. The maximum atomic E-state index is 12.2. The number of hydrogen-bond donors (Lipinski definition) is 1. The van der Waals surface area contributed by atoms with Gasteiger partial charge in [0.2, 0.25) is 0 Å². The largest absolute Gasteiger partial charge is 0.495 e. The Morgan fingerprint density at radius 3 is 2.35 bits per heavy atom. The Morgan fingerprint density at radius 2 is 1.78 bits per heavy atom. The third-order valence-corrected chi connectivity index (χ3v) is 4.53. The Balaban J connectivity index is 2.26. The summed E-state index contributed by atoms with van der Waals surface area (Å²) in [6.07, 6.45) is 0. The molecule has 0 unspecified atom stereocenters. The highest BCUT2D eigenvalue weighted by Crippen LogP contribution is 2.30. The highest BCUT2D eigenvalue weighted by atomic mass is 35.5. The summed E-state index contributed by atoms with van der Waals surface area (Å²) in [5, 5.41) is 2.79. The fourth-order valence-corrected chi connectivity index (χ4v) is 2.90. The van der Waals surface area contributed by atoms with Crippen molar-refractivity contribution in [3.05, 3.63) is 53.1 Å². The smallest absolute Gasteiger partial charge is 0.339 e. The molecule has 0 aromatic heterocycles. The van der Waals surface area contributed by atoms with Gasteiger partial charge >= 0.3 is 10.1 Å². The number of methoxy groups -OCH3 is 1. The molecule has 0 fully saturated rings. The topological polar surface area (TPSA) is 81.7 Å². The molecule has 122 valence electrons. The molecule has 1 N–H and O–H groups in total. The van der Waals surface area contributed by atoms with Gasteiger partial charge in [0, 0.05) is 18.7 Å². The number of rotatable bonds is 5. The summed E-state index contributed by atoms with van der Waals surface area (Å²) < 4.78 is 34.5. The first kappa shape index (κ1) is 17.1. The molecular weight excluding hydrogens is 342 g/mol. The molecule has 0 radical (unpaired) electrons. The zero-order valence-corrected chi connectivity index (χ0v) is 13.9. The van der Waals surface area contributed by atoms with Gasteiger partial charge < -0.3 is 14.2 Å². The zero-order chi connectivity index (χ0) is 17.0. The first-order valence-electron chi connectivity index (χ1n) is 6.47. The van der Waals surface area contributed by atoms with Crippen LogP contribution in [0.5, 0.6) is 11.5 Å². The number of hydrogen-bond acceptors (Lipinski definition) is 5. The van der Waals surface area contributed by atoms with Gasteiger partial charge in [-0.2, -0.15) is 8.42 Å². The second-order valence-corrected chi connectivity index (χ2v) is 6.39. The summed E-state index contributed by atoms with van der Waals surface area (Å²) in [7, 11) is -1.13. The lowest BCUT2D eigenvalue weighted by Crippen LogP contribution is -2.18. The molecule has 2 aromatic carbocycles. The number of amides is 1. The van der Waals surface area contributed by atoms with Crippen LogP contribution in [0.1, 0.15) is 10.4 Å². The lowest BCUT2D eigenvalue weighted by molar-refractivity contribution is 0.0963. The summed E-state index contributed by atoms with van der Waals surface area (Å²) in [5.41, 5.74) is 0.347. The maximum Gasteiger partial charge on any atom is 0.339 e. The van der Waals surface area contributed by atoms with Crippen LogP contribution in [0.25, 0.3) is 0 Å². The van der Waals surface area contributed by atoms with E-state index in [-0.39, 0.29) is 16.6 Å². The minimum absolute atomic E-state index is 0.0703. The Hall–Kier alpha value is -2.25. The standard InChI is InChI=1S/C15H14ClNO5S/c1-17-15(18)10-3-6-12(7-4-10)23(19,20)22-11-5-8-13(16)14(9-11)21-2/h3-9H,1-2H3,(H,17,18). The van der Waals surface area contributed by atoms with Crippen LogP contribution in [0.3, 0.4) is 0 Å². The monoisotopic (exact) mass is 355 g/mol. The van der Waals surface area contributed by atoms with Gasteiger partial charge in [0.15, 0.2) is 0 Å². The van der Waals surface area contributed by atoms with Crippen molar-refractivity contribution in [1.82, 2.24) is 5.32 Å². The van der Waals surface area contributed by atoms with Gasteiger partial charge in [-0.25, -0.2) is 0 Å². The molecule has 0 spiro atoms. The Bertz CT molecular complexity index is 818. The van der Waals surface area contributed by atoms with Crippen molar-refractivity contribution in [3.63, 3.8) is 0 Å². The molecule has 0 saturated carbocycles. The van der Waals surface area contributed by atoms with Crippen molar-refractivity contribution >= 4 is 27.6 Å². The number of benzene rings is 2. The Morgan fingerprint density at radius 1 is 1.13 bits per heavy atom. The average Bonchev–Trinajstić information content (AvgIpc) is 2.55. The van der Waals surface area contributed by atoms with E-state index in [0.717, 1.165) is 0 Å². The van der Waals surface area contributed by atoms with Crippen LogP contribution in [0.15, 0.2) is 47.4 Å². The van der Waals surface area contributed by atoms with Gasteiger partial charge in [-0.1, -0.05) is 11.6 Å². The highest BCUT2D eigenvalue weighted by Gasteiger charge is 2.18. The molecule has 2 rings (SSSR count). The average molecular weight is 356 g/mol. The van der Waals surface area contributed by atoms with Crippen LogP contribution in [-0.2, 0) is 10.1 Å². The molecule has 0 saturated heterocycles.